The molecular formula is C20H27NO2. The molecular weight excluding hydrogens is 286 g/mol. The molecule has 0 aliphatic heterocycles. The molecule has 1 unspecified atom stereocenters. The summed E-state index contributed by atoms with van der Waals surface area (Å²) in [4.78, 5) is 0. The summed E-state index contributed by atoms with van der Waals surface area (Å²) in [6.45, 7) is 3.53. The molecule has 0 amide bonds. The van der Waals surface area contributed by atoms with Crippen molar-refractivity contribution in [3.8, 4) is 11.5 Å². The first-order valence-electron chi connectivity index (χ1n) is 8.32. The Hall–Kier alpha value is -2.00. The summed E-state index contributed by atoms with van der Waals surface area (Å²) in [5.41, 5.74) is 8.53. The molecule has 0 saturated heterocycles. The van der Waals surface area contributed by atoms with Gasteiger partial charge in [-0.05, 0) is 67.1 Å². The maximum absolute atomic E-state index is 5.93. The van der Waals surface area contributed by atoms with E-state index in [1.165, 1.54) is 11.1 Å². The van der Waals surface area contributed by atoms with Crippen molar-refractivity contribution in [1.82, 2.24) is 0 Å². The maximum atomic E-state index is 5.93. The van der Waals surface area contributed by atoms with Crippen LogP contribution in [0.5, 0.6) is 11.5 Å². The number of hydrogen-bond acceptors (Lipinski definition) is 3. The highest BCUT2D eigenvalue weighted by molar-refractivity contribution is 5.29. The highest BCUT2D eigenvalue weighted by atomic mass is 16.5. The van der Waals surface area contributed by atoms with Gasteiger partial charge in [-0.15, -0.1) is 0 Å². The Kier molecular flexibility index (Phi) is 6.95. The summed E-state index contributed by atoms with van der Waals surface area (Å²) in [6, 6.07) is 16.5. The first-order valence-corrected chi connectivity index (χ1v) is 8.32. The van der Waals surface area contributed by atoms with Crippen molar-refractivity contribution >= 4 is 0 Å². The molecule has 0 aliphatic carbocycles. The van der Waals surface area contributed by atoms with Gasteiger partial charge in [0.1, 0.15) is 11.5 Å². The Labute approximate surface area is 139 Å². The molecule has 124 valence electrons. The second-order valence-electron chi connectivity index (χ2n) is 5.69. The van der Waals surface area contributed by atoms with Gasteiger partial charge in [0, 0.05) is 0 Å². The molecule has 2 aromatic rings. The quantitative estimate of drug-likeness (QED) is 0.707. The van der Waals surface area contributed by atoms with Crippen LogP contribution in [0.25, 0.3) is 0 Å². The van der Waals surface area contributed by atoms with E-state index in [-0.39, 0.29) is 0 Å². The van der Waals surface area contributed by atoms with E-state index in [1.807, 2.05) is 24.3 Å². The van der Waals surface area contributed by atoms with Gasteiger partial charge in [0.2, 0.25) is 0 Å². The normalized spacial score (nSPS) is 12.0. The van der Waals surface area contributed by atoms with E-state index in [2.05, 4.69) is 31.2 Å². The Bertz CT molecular complexity index is 563. The molecule has 2 N–H and O–H groups in total. The predicted octanol–water partition coefficient (Wildman–Crippen LogP) is 4.16. The van der Waals surface area contributed by atoms with Crippen LogP contribution in [-0.4, -0.2) is 20.3 Å². The number of ether oxygens (including phenoxy) is 2. The topological polar surface area (TPSA) is 44.5 Å². The fourth-order valence-corrected chi connectivity index (χ4v) is 2.64. The molecule has 3 nitrogen and oxygen atoms in total. The third-order valence-electron chi connectivity index (χ3n) is 4.17. The fraction of sp³-hybridized carbons (Fsp3) is 0.400. The van der Waals surface area contributed by atoms with E-state index < -0.39 is 0 Å². The maximum Gasteiger partial charge on any atom is 0.119 e. The van der Waals surface area contributed by atoms with Crippen LogP contribution in [0, 0.1) is 0 Å². The number of nitrogens with two attached hydrogens (primary N) is 1. The van der Waals surface area contributed by atoms with Gasteiger partial charge in [-0.3, -0.25) is 0 Å². The molecule has 2 rings (SSSR count). The third kappa shape index (κ3) is 5.29. The van der Waals surface area contributed by atoms with Crippen molar-refractivity contribution in [1.29, 1.82) is 0 Å². The van der Waals surface area contributed by atoms with Crippen molar-refractivity contribution in [3.05, 3.63) is 59.7 Å². The highest BCUT2D eigenvalue weighted by Crippen LogP contribution is 2.23. The summed E-state index contributed by atoms with van der Waals surface area (Å²) < 4.78 is 11.0. The zero-order chi connectivity index (χ0) is 16.5. The first-order chi connectivity index (χ1) is 11.3. The minimum atomic E-state index is 0.368. The molecule has 0 bridgehead atoms. The van der Waals surface area contributed by atoms with Crippen LogP contribution in [0.1, 0.15) is 36.8 Å². The Morgan fingerprint density at radius 1 is 0.957 bits per heavy atom. The van der Waals surface area contributed by atoms with Crippen molar-refractivity contribution in [2.24, 2.45) is 5.73 Å². The number of rotatable bonds is 9. The largest absolute Gasteiger partial charge is 0.497 e. The molecule has 3 heteroatoms. The Morgan fingerprint density at radius 3 is 2.17 bits per heavy atom. The second-order valence-corrected chi connectivity index (χ2v) is 5.69. The SMILES string of the molecule is CCc1ccc(OCCCC(CN)c2ccc(OC)cc2)cc1. The van der Waals surface area contributed by atoms with Crippen LogP contribution < -0.4 is 15.2 Å². The lowest BCUT2D eigenvalue weighted by Crippen LogP contribution is -2.13. The van der Waals surface area contributed by atoms with E-state index in [4.69, 9.17) is 15.2 Å². The predicted molar refractivity (Wildman–Crippen MR) is 95.3 cm³/mol. The number of hydrogen-bond donors (Lipinski definition) is 1. The monoisotopic (exact) mass is 313 g/mol. The fourth-order valence-electron chi connectivity index (χ4n) is 2.64. The van der Waals surface area contributed by atoms with Crippen LogP contribution in [-0.2, 0) is 6.42 Å². The van der Waals surface area contributed by atoms with Gasteiger partial charge in [0.05, 0.1) is 13.7 Å². The number of benzene rings is 2. The highest BCUT2D eigenvalue weighted by Gasteiger charge is 2.09. The minimum absolute atomic E-state index is 0.368. The van der Waals surface area contributed by atoms with Gasteiger partial charge >= 0.3 is 0 Å². The molecule has 1 atom stereocenters. The van der Waals surface area contributed by atoms with E-state index >= 15 is 0 Å². The first kappa shape index (κ1) is 17.4. The van der Waals surface area contributed by atoms with Crippen molar-refractivity contribution < 1.29 is 9.47 Å². The summed E-state index contributed by atoms with van der Waals surface area (Å²) in [7, 11) is 1.68. The minimum Gasteiger partial charge on any atom is -0.497 e. The molecule has 0 aromatic heterocycles. The van der Waals surface area contributed by atoms with Gasteiger partial charge in [-0.1, -0.05) is 31.2 Å². The molecule has 0 radical (unpaired) electrons. The summed E-state index contributed by atoms with van der Waals surface area (Å²) in [5, 5.41) is 0. The molecule has 0 fully saturated rings. The average Bonchev–Trinajstić information content (AvgIpc) is 2.62. The zero-order valence-electron chi connectivity index (χ0n) is 14.1. The van der Waals surface area contributed by atoms with Crippen LogP contribution in [0.15, 0.2) is 48.5 Å². The Morgan fingerprint density at radius 2 is 1.61 bits per heavy atom. The van der Waals surface area contributed by atoms with Crippen LogP contribution in [0.3, 0.4) is 0 Å². The van der Waals surface area contributed by atoms with Crippen LogP contribution in [0.2, 0.25) is 0 Å². The molecule has 0 aliphatic rings. The molecule has 0 heterocycles. The average molecular weight is 313 g/mol. The second kappa shape index (κ2) is 9.21. The number of aryl methyl sites for hydroxylation is 1. The summed E-state index contributed by atoms with van der Waals surface area (Å²) in [5.74, 6) is 2.19. The van der Waals surface area contributed by atoms with Gasteiger partial charge < -0.3 is 15.2 Å². The summed E-state index contributed by atoms with van der Waals surface area (Å²) in [6.07, 6.45) is 3.07. The zero-order valence-corrected chi connectivity index (χ0v) is 14.1. The Balaban J connectivity index is 1.78. The van der Waals surface area contributed by atoms with Gasteiger partial charge in [-0.2, -0.15) is 0 Å². The standard InChI is InChI=1S/C20H27NO2/c1-3-16-6-10-20(11-7-16)23-14-4-5-18(15-21)17-8-12-19(22-2)13-9-17/h6-13,18H,3-5,14-15,21H2,1-2H3. The lowest BCUT2D eigenvalue weighted by molar-refractivity contribution is 0.301. The van der Waals surface area contributed by atoms with Gasteiger partial charge in [0.15, 0.2) is 0 Å². The lowest BCUT2D eigenvalue weighted by atomic mass is 9.94. The van der Waals surface area contributed by atoms with Gasteiger partial charge in [-0.25, -0.2) is 0 Å². The van der Waals surface area contributed by atoms with Crippen LogP contribution >= 0.6 is 0 Å². The smallest absolute Gasteiger partial charge is 0.119 e. The third-order valence-corrected chi connectivity index (χ3v) is 4.17. The van der Waals surface area contributed by atoms with E-state index in [0.717, 1.165) is 37.4 Å². The number of methoxy groups -OCH3 is 1. The van der Waals surface area contributed by atoms with Crippen LogP contribution in [0.4, 0.5) is 0 Å². The molecule has 0 saturated carbocycles. The lowest BCUT2D eigenvalue weighted by Gasteiger charge is -2.16. The molecule has 2 aromatic carbocycles. The van der Waals surface area contributed by atoms with Crippen molar-refractivity contribution in [2.75, 3.05) is 20.3 Å². The molecule has 23 heavy (non-hydrogen) atoms. The van der Waals surface area contributed by atoms with E-state index in [9.17, 15) is 0 Å². The van der Waals surface area contributed by atoms with E-state index in [1.54, 1.807) is 7.11 Å². The molecule has 0 spiro atoms. The van der Waals surface area contributed by atoms with Crippen molar-refractivity contribution in [2.45, 2.75) is 32.1 Å². The van der Waals surface area contributed by atoms with E-state index in [0.29, 0.717) is 12.5 Å². The van der Waals surface area contributed by atoms with Gasteiger partial charge in [0.25, 0.3) is 0 Å². The van der Waals surface area contributed by atoms with Crippen molar-refractivity contribution in [3.63, 3.8) is 0 Å². The summed E-state index contributed by atoms with van der Waals surface area (Å²) >= 11 is 0.